The molecule has 5 aromatic rings. The van der Waals surface area contributed by atoms with E-state index in [9.17, 15) is 14.4 Å². The zero-order chi connectivity index (χ0) is 40.2. The molecule has 3 heterocycles. The largest absolute Gasteiger partial charge is 0.460 e. The average Bonchev–Trinajstić information content (AvgIpc) is 3.65. The van der Waals surface area contributed by atoms with E-state index in [1.165, 1.54) is 16.9 Å². The van der Waals surface area contributed by atoms with E-state index in [1.807, 2.05) is 69.3 Å². The molecule has 6 rings (SSSR count). The van der Waals surface area contributed by atoms with E-state index in [0.717, 1.165) is 46.4 Å². The number of benzene rings is 3. The van der Waals surface area contributed by atoms with E-state index in [0.29, 0.717) is 21.8 Å². The number of likely N-dealkylation sites (tertiary alicyclic amines) is 1. The van der Waals surface area contributed by atoms with Crippen molar-refractivity contribution in [3.63, 3.8) is 0 Å². The van der Waals surface area contributed by atoms with Gasteiger partial charge in [0.05, 0.1) is 10.8 Å². The van der Waals surface area contributed by atoms with Crippen LogP contribution < -0.4 is 5.32 Å². The zero-order valence-corrected chi connectivity index (χ0v) is 34.1. The summed E-state index contributed by atoms with van der Waals surface area (Å²) in [5, 5.41) is 2.98. The van der Waals surface area contributed by atoms with E-state index in [-0.39, 0.29) is 48.5 Å². The van der Waals surface area contributed by atoms with Gasteiger partial charge in [-0.15, -0.1) is 11.3 Å². The van der Waals surface area contributed by atoms with Crippen LogP contribution in [0.2, 0.25) is 0 Å². The smallest absolute Gasteiger partial charge is 0.313 e. The second-order valence-corrected chi connectivity index (χ2v) is 17.7. The van der Waals surface area contributed by atoms with Gasteiger partial charge in [-0.1, -0.05) is 94.8 Å². The Morgan fingerprint density at radius 2 is 1.46 bits per heavy atom. The number of nitrogens with zero attached hydrogens (tertiary/aromatic N) is 3. The Bertz CT molecular complexity index is 2160. The lowest BCUT2D eigenvalue weighted by Crippen LogP contribution is -2.59. The van der Waals surface area contributed by atoms with Gasteiger partial charge in [0.25, 0.3) is 5.91 Å². The number of nitrogens with one attached hydrogen (secondary N) is 1. The first-order valence-electron chi connectivity index (χ1n) is 19.3. The van der Waals surface area contributed by atoms with E-state index in [1.54, 1.807) is 35.5 Å². The number of ether oxygens (including phenoxy) is 1. The highest BCUT2D eigenvalue weighted by molar-refractivity contribution is 7.14. The summed E-state index contributed by atoms with van der Waals surface area (Å²) in [6, 6.07) is 23.9. The SMILES string of the molecule is CCCCc1ccc(-c2ccc(-c3cnc(-c4ccc(C[C@H](NC(=O)c5ccc(C(C)(C)C)s5)C(=O)N5CC(C(=O)OC(C)(C)C)C5)cc4)nc3)c(F)c2)cc1. The molecule has 1 aliphatic heterocycles. The van der Waals surface area contributed by atoms with Crippen LogP contribution in [0.1, 0.15) is 87.0 Å². The molecule has 1 aliphatic rings. The van der Waals surface area contributed by atoms with Gasteiger partial charge in [-0.3, -0.25) is 14.4 Å². The maximum atomic E-state index is 15.4. The maximum Gasteiger partial charge on any atom is 0.313 e. The van der Waals surface area contributed by atoms with Crippen LogP contribution in [0.4, 0.5) is 4.39 Å². The summed E-state index contributed by atoms with van der Waals surface area (Å²) in [4.78, 5) is 52.2. The fourth-order valence-electron chi connectivity index (χ4n) is 6.52. The van der Waals surface area contributed by atoms with E-state index < -0.39 is 17.6 Å². The number of amides is 2. The van der Waals surface area contributed by atoms with Gasteiger partial charge in [0.2, 0.25) is 5.91 Å². The van der Waals surface area contributed by atoms with E-state index in [2.05, 4.69) is 55.1 Å². The minimum Gasteiger partial charge on any atom is -0.460 e. The number of thiophene rings is 1. The van der Waals surface area contributed by atoms with Crippen molar-refractivity contribution >= 4 is 29.1 Å². The quantitative estimate of drug-likeness (QED) is 0.127. The van der Waals surface area contributed by atoms with Crippen molar-refractivity contribution in [1.29, 1.82) is 0 Å². The van der Waals surface area contributed by atoms with Crippen molar-refractivity contribution in [3.05, 3.63) is 118 Å². The van der Waals surface area contributed by atoms with Crippen molar-refractivity contribution < 1.29 is 23.5 Å². The van der Waals surface area contributed by atoms with Crippen LogP contribution in [0.3, 0.4) is 0 Å². The molecule has 10 heteroatoms. The predicted octanol–water partition coefficient (Wildman–Crippen LogP) is 9.46. The molecule has 0 aliphatic carbocycles. The Hall–Kier alpha value is -5.22. The Balaban J connectivity index is 1.13. The van der Waals surface area contributed by atoms with Gasteiger partial charge >= 0.3 is 5.97 Å². The van der Waals surface area contributed by atoms with Crippen molar-refractivity contribution in [2.75, 3.05) is 13.1 Å². The highest BCUT2D eigenvalue weighted by atomic mass is 32.1. The average molecular weight is 775 g/mol. The van der Waals surface area contributed by atoms with Crippen LogP contribution in [-0.4, -0.2) is 57.4 Å². The molecule has 1 N–H and O–H groups in total. The monoisotopic (exact) mass is 774 g/mol. The van der Waals surface area contributed by atoms with Crippen LogP contribution in [0, 0.1) is 11.7 Å². The van der Waals surface area contributed by atoms with Crippen LogP contribution in [0.25, 0.3) is 33.6 Å². The standard InChI is InChI=1S/C46H51FN4O4S/c1-8-9-10-29-11-15-31(16-12-29)33-19-20-36(37(47)24-33)34-25-48-41(49-26-34)32-17-13-30(14-18-32)23-38(50-42(52)39-21-22-40(56-39)45(2,3)4)43(53)51-27-35(28-51)44(54)55-46(5,6)7/h11-22,24-26,35,38H,8-10,23,27-28H2,1-7H3,(H,50,52)/t38-/m0/s1. The van der Waals surface area contributed by atoms with Gasteiger partial charge in [-0.2, -0.15) is 0 Å². The third kappa shape index (κ3) is 9.95. The molecule has 2 aromatic heterocycles. The summed E-state index contributed by atoms with van der Waals surface area (Å²) in [5.41, 5.74) is 4.90. The normalized spacial score (nSPS) is 13.9. The molecule has 0 unspecified atom stereocenters. The van der Waals surface area contributed by atoms with E-state index >= 15 is 4.39 Å². The van der Waals surface area contributed by atoms with Gasteiger partial charge in [0, 0.05) is 53.5 Å². The fraction of sp³-hybridized carbons (Fsp3) is 0.370. The molecule has 0 bridgehead atoms. The fourth-order valence-corrected chi connectivity index (χ4v) is 7.49. The Kier molecular flexibility index (Phi) is 12.2. The van der Waals surface area contributed by atoms with Crippen molar-refractivity contribution in [2.45, 2.75) is 91.2 Å². The summed E-state index contributed by atoms with van der Waals surface area (Å²) in [6.07, 6.45) is 6.82. The second-order valence-electron chi connectivity index (χ2n) is 16.6. The Labute approximate surface area is 333 Å². The van der Waals surface area contributed by atoms with Gasteiger partial charge in [-0.05, 0) is 79.5 Å². The molecular formula is C46H51FN4O4S. The van der Waals surface area contributed by atoms with Crippen molar-refractivity contribution in [2.24, 2.45) is 5.92 Å². The lowest BCUT2D eigenvalue weighted by atomic mass is 9.95. The first-order valence-corrected chi connectivity index (χ1v) is 20.1. The molecule has 0 spiro atoms. The minimum absolute atomic E-state index is 0.110. The number of hydrogen-bond donors (Lipinski definition) is 1. The van der Waals surface area contributed by atoms with Crippen molar-refractivity contribution in [1.82, 2.24) is 20.2 Å². The predicted molar refractivity (Wildman–Crippen MR) is 221 cm³/mol. The Morgan fingerprint density at radius 3 is 2.05 bits per heavy atom. The number of hydrogen-bond acceptors (Lipinski definition) is 7. The third-order valence-corrected chi connectivity index (χ3v) is 11.3. The summed E-state index contributed by atoms with van der Waals surface area (Å²) < 4.78 is 20.9. The van der Waals surface area contributed by atoms with Gasteiger partial charge < -0.3 is 15.0 Å². The molecule has 1 saturated heterocycles. The van der Waals surface area contributed by atoms with Crippen LogP contribution in [-0.2, 0) is 32.6 Å². The number of unbranched alkanes of at least 4 members (excludes halogenated alkanes) is 1. The molecule has 3 aromatic carbocycles. The molecule has 0 radical (unpaired) electrons. The number of carbonyl (C=O) groups excluding carboxylic acids is 3. The number of rotatable bonds is 12. The first-order chi connectivity index (χ1) is 26.6. The molecule has 8 nitrogen and oxygen atoms in total. The summed E-state index contributed by atoms with van der Waals surface area (Å²) in [6.45, 7) is 14.4. The van der Waals surface area contributed by atoms with Crippen molar-refractivity contribution in [3.8, 4) is 33.6 Å². The number of esters is 1. The number of aromatic nitrogens is 2. The molecule has 1 atom stereocenters. The second kappa shape index (κ2) is 16.9. The number of aryl methyl sites for hydroxylation is 1. The zero-order valence-electron chi connectivity index (χ0n) is 33.3. The lowest BCUT2D eigenvalue weighted by molar-refractivity contribution is -0.168. The molecule has 1 fully saturated rings. The molecular weight excluding hydrogens is 724 g/mol. The van der Waals surface area contributed by atoms with Crippen LogP contribution in [0.5, 0.6) is 0 Å². The topological polar surface area (TPSA) is 101 Å². The molecule has 0 saturated carbocycles. The molecule has 2 amide bonds. The number of carbonyl (C=O) groups is 3. The van der Waals surface area contributed by atoms with Gasteiger partial charge in [-0.25, -0.2) is 14.4 Å². The minimum atomic E-state index is -0.852. The summed E-state index contributed by atoms with van der Waals surface area (Å²) in [7, 11) is 0. The number of halogens is 1. The van der Waals surface area contributed by atoms with E-state index in [4.69, 9.17) is 4.74 Å². The maximum absolute atomic E-state index is 15.4. The lowest BCUT2D eigenvalue weighted by Gasteiger charge is -2.40. The summed E-state index contributed by atoms with van der Waals surface area (Å²) >= 11 is 1.41. The Morgan fingerprint density at radius 1 is 0.839 bits per heavy atom. The molecule has 292 valence electrons. The van der Waals surface area contributed by atoms with Crippen LogP contribution >= 0.6 is 11.3 Å². The first kappa shape index (κ1) is 40.4. The summed E-state index contributed by atoms with van der Waals surface area (Å²) in [5.74, 6) is -1.18. The van der Waals surface area contributed by atoms with Crippen LogP contribution in [0.15, 0.2) is 91.3 Å². The van der Waals surface area contributed by atoms with Gasteiger partial charge in [0.15, 0.2) is 5.82 Å². The van der Waals surface area contributed by atoms with Gasteiger partial charge in [0.1, 0.15) is 17.5 Å². The third-order valence-electron chi connectivity index (χ3n) is 9.80. The molecule has 56 heavy (non-hydrogen) atoms. The highest BCUT2D eigenvalue weighted by Crippen LogP contribution is 2.31. The highest BCUT2D eigenvalue weighted by Gasteiger charge is 2.41.